The number of H-pyrrole nitrogens is 1. The number of nitrogens with zero attached hydrogens (tertiary/aromatic N) is 1. The Morgan fingerprint density at radius 3 is 2.62 bits per heavy atom. The number of benzene rings is 2. The van der Waals surface area contributed by atoms with Crippen LogP contribution in [0, 0.1) is 0 Å². The molecule has 0 spiro atoms. The van der Waals surface area contributed by atoms with Gasteiger partial charge >= 0.3 is 0 Å². The Kier molecular flexibility index (Phi) is 7.04. The number of nitrogens with one attached hydrogen (secondary N) is 2. The first-order chi connectivity index (χ1) is 16.3. The van der Waals surface area contributed by atoms with Crippen LogP contribution in [0.25, 0.3) is 10.9 Å². The summed E-state index contributed by atoms with van der Waals surface area (Å²) >= 11 is 0. The van der Waals surface area contributed by atoms with Crippen molar-refractivity contribution in [2.75, 3.05) is 13.2 Å². The van der Waals surface area contributed by atoms with E-state index in [2.05, 4.69) is 10.3 Å². The van der Waals surface area contributed by atoms with E-state index in [1.165, 1.54) is 22.5 Å². The predicted molar refractivity (Wildman–Crippen MR) is 131 cm³/mol. The van der Waals surface area contributed by atoms with Gasteiger partial charge in [-0.1, -0.05) is 18.6 Å². The molecule has 2 aromatic carbocycles. The molecule has 180 valence electrons. The van der Waals surface area contributed by atoms with E-state index in [0.717, 1.165) is 30.6 Å². The van der Waals surface area contributed by atoms with Crippen molar-refractivity contribution in [2.45, 2.75) is 50.6 Å². The quantitative estimate of drug-likeness (QED) is 0.535. The minimum atomic E-state index is -3.72. The van der Waals surface area contributed by atoms with Crippen molar-refractivity contribution in [1.82, 2.24) is 14.6 Å². The number of ether oxygens (including phenoxy) is 1. The summed E-state index contributed by atoms with van der Waals surface area (Å²) in [7, 11) is -3.72. The third kappa shape index (κ3) is 5.00. The van der Waals surface area contributed by atoms with E-state index in [-0.39, 0.29) is 23.0 Å². The van der Waals surface area contributed by atoms with Gasteiger partial charge in [-0.05, 0) is 62.6 Å². The first-order valence-corrected chi connectivity index (χ1v) is 12.9. The Balaban J connectivity index is 1.63. The maximum atomic E-state index is 13.3. The molecule has 1 amide bonds. The molecule has 1 fully saturated rings. The number of amides is 1. The van der Waals surface area contributed by atoms with Crippen molar-refractivity contribution >= 4 is 26.8 Å². The Hall–Kier alpha value is -3.17. The van der Waals surface area contributed by atoms with E-state index in [9.17, 15) is 18.0 Å². The lowest BCUT2D eigenvalue weighted by Crippen LogP contribution is -2.41. The van der Waals surface area contributed by atoms with E-state index in [1.54, 1.807) is 6.07 Å². The Morgan fingerprint density at radius 2 is 1.91 bits per heavy atom. The van der Waals surface area contributed by atoms with Crippen molar-refractivity contribution < 1.29 is 17.9 Å². The zero-order valence-corrected chi connectivity index (χ0v) is 20.2. The summed E-state index contributed by atoms with van der Waals surface area (Å²) in [5.74, 6) is 0.292. The molecule has 8 nitrogen and oxygen atoms in total. The topological polar surface area (TPSA) is 109 Å². The molecule has 1 atom stereocenters. The van der Waals surface area contributed by atoms with E-state index >= 15 is 0 Å². The van der Waals surface area contributed by atoms with Crippen LogP contribution < -0.4 is 15.6 Å². The highest BCUT2D eigenvalue weighted by molar-refractivity contribution is 7.89. The van der Waals surface area contributed by atoms with Gasteiger partial charge in [0.25, 0.3) is 5.91 Å². The average Bonchev–Trinajstić information content (AvgIpc) is 2.83. The second kappa shape index (κ2) is 9.99. The number of rotatable bonds is 7. The van der Waals surface area contributed by atoms with Crippen molar-refractivity contribution in [3.63, 3.8) is 0 Å². The van der Waals surface area contributed by atoms with Gasteiger partial charge in [0.15, 0.2) is 0 Å². The number of sulfonamides is 1. The summed E-state index contributed by atoms with van der Waals surface area (Å²) in [5.41, 5.74) is 0.977. The van der Waals surface area contributed by atoms with Crippen molar-refractivity contribution in [3.8, 4) is 5.75 Å². The fourth-order valence-corrected chi connectivity index (χ4v) is 6.02. The number of piperidine rings is 1. The van der Waals surface area contributed by atoms with Crippen LogP contribution in [-0.4, -0.2) is 42.8 Å². The van der Waals surface area contributed by atoms with Gasteiger partial charge in [0.05, 0.1) is 17.1 Å². The van der Waals surface area contributed by atoms with Crippen LogP contribution in [0.1, 0.15) is 49.0 Å². The SMILES string of the molecule is CCOc1ccc(CNC(=O)c2cc(=O)[nH]c3ccc(S(=O)(=O)N4CCCC[C@@H]4C)cc23)cc1. The maximum Gasteiger partial charge on any atom is 0.252 e. The van der Waals surface area contributed by atoms with Gasteiger partial charge in [-0.2, -0.15) is 4.31 Å². The van der Waals surface area contributed by atoms with Crippen molar-refractivity contribution in [3.05, 3.63) is 70.0 Å². The van der Waals surface area contributed by atoms with Gasteiger partial charge in [-0.3, -0.25) is 9.59 Å². The minimum absolute atomic E-state index is 0.0816. The van der Waals surface area contributed by atoms with Gasteiger partial charge in [-0.15, -0.1) is 0 Å². The zero-order chi connectivity index (χ0) is 24.3. The molecule has 2 heterocycles. The van der Waals surface area contributed by atoms with Gasteiger partial charge in [0.1, 0.15) is 5.75 Å². The van der Waals surface area contributed by atoms with E-state index in [1.807, 2.05) is 38.1 Å². The molecule has 2 N–H and O–H groups in total. The molecule has 34 heavy (non-hydrogen) atoms. The Labute approximate surface area is 199 Å². The summed E-state index contributed by atoms with van der Waals surface area (Å²) in [6.45, 7) is 5.12. The third-order valence-corrected chi connectivity index (χ3v) is 8.10. The third-order valence-electron chi connectivity index (χ3n) is 6.10. The lowest BCUT2D eigenvalue weighted by molar-refractivity contribution is 0.0952. The molecule has 1 aliphatic rings. The second-order valence-electron chi connectivity index (χ2n) is 8.47. The van der Waals surface area contributed by atoms with Crippen LogP contribution in [0.15, 0.2) is 58.2 Å². The van der Waals surface area contributed by atoms with E-state index in [4.69, 9.17) is 4.74 Å². The largest absolute Gasteiger partial charge is 0.494 e. The maximum absolute atomic E-state index is 13.3. The lowest BCUT2D eigenvalue weighted by Gasteiger charge is -2.32. The molecule has 0 aliphatic carbocycles. The standard InChI is InChI=1S/C25H29N3O5S/c1-3-33-19-9-7-18(8-10-19)16-26-25(30)22-15-24(29)27-23-12-11-20(14-21(22)23)34(31,32)28-13-5-4-6-17(28)2/h7-12,14-15,17H,3-6,13,16H2,1-2H3,(H,26,30)(H,27,29)/t17-/m0/s1. The van der Waals surface area contributed by atoms with Crippen LogP contribution in [0.2, 0.25) is 0 Å². The van der Waals surface area contributed by atoms with Crippen LogP contribution in [0.3, 0.4) is 0 Å². The smallest absolute Gasteiger partial charge is 0.252 e. The number of carbonyl (C=O) groups is 1. The fraction of sp³-hybridized carbons (Fsp3) is 0.360. The molecule has 1 saturated heterocycles. The summed E-state index contributed by atoms with van der Waals surface area (Å²) in [5, 5.41) is 3.21. The molecule has 3 aromatic rings. The highest BCUT2D eigenvalue weighted by atomic mass is 32.2. The first kappa shape index (κ1) is 24.0. The molecule has 1 aliphatic heterocycles. The van der Waals surface area contributed by atoms with Crippen LogP contribution >= 0.6 is 0 Å². The van der Waals surface area contributed by atoms with Gasteiger partial charge < -0.3 is 15.0 Å². The number of aromatic nitrogens is 1. The molecular weight excluding hydrogens is 454 g/mol. The van der Waals surface area contributed by atoms with Gasteiger partial charge in [-0.25, -0.2) is 8.42 Å². The average molecular weight is 484 g/mol. The van der Waals surface area contributed by atoms with E-state index < -0.39 is 21.5 Å². The number of aromatic amines is 1. The normalized spacial score (nSPS) is 16.9. The lowest BCUT2D eigenvalue weighted by atomic mass is 10.1. The van der Waals surface area contributed by atoms with Crippen molar-refractivity contribution in [1.29, 1.82) is 0 Å². The molecule has 0 radical (unpaired) electrons. The Bertz CT molecular complexity index is 1350. The summed E-state index contributed by atoms with van der Waals surface area (Å²) in [6.07, 6.45) is 2.65. The number of hydrogen-bond acceptors (Lipinski definition) is 5. The molecule has 4 rings (SSSR count). The van der Waals surface area contributed by atoms with Gasteiger partial charge in [0.2, 0.25) is 15.6 Å². The number of pyridine rings is 1. The summed E-state index contributed by atoms with van der Waals surface area (Å²) in [6, 6.07) is 13.0. The molecule has 0 saturated carbocycles. The highest BCUT2D eigenvalue weighted by Gasteiger charge is 2.31. The zero-order valence-electron chi connectivity index (χ0n) is 19.3. The van der Waals surface area contributed by atoms with Crippen molar-refractivity contribution in [2.24, 2.45) is 0 Å². The summed E-state index contributed by atoms with van der Waals surface area (Å²) in [4.78, 5) is 28.0. The summed E-state index contributed by atoms with van der Waals surface area (Å²) < 4.78 is 33.6. The fourth-order valence-electron chi connectivity index (χ4n) is 4.29. The number of carbonyl (C=O) groups excluding carboxylic acids is 1. The second-order valence-corrected chi connectivity index (χ2v) is 10.4. The number of fused-ring (bicyclic) bond motifs is 1. The van der Waals surface area contributed by atoms with Crippen LogP contribution in [-0.2, 0) is 16.6 Å². The molecule has 1 aromatic heterocycles. The number of hydrogen-bond donors (Lipinski definition) is 2. The Morgan fingerprint density at radius 1 is 1.15 bits per heavy atom. The monoisotopic (exact) mass is 483 g/mol. The van der Waals surface area contributed by atoms with E-state index in [0.29, 0.717) is 24.1 Å². The first-order valence-electron chi connectivity index (χ1n) is 11.5. The predicted octanol–water partition coefficient (Wildman–Crippen LogP) is 3.42. The van der Waals surface area contributed by atoms with Gasteiger partial charge in [0, 0.05) is 36.1 Å². The minimum Gasteiger partial charge on any atom is -0.494 e. The molecule has 0 bridgehead atoms. The molecule has 9 heteroatoms. The molecule has 0 unspecified atom stereocenters. The van der Waals surface area contributed by atoms with Crippen LogP contribution in [0.4, 0.5) is 0 Å². The van der Waals surface area contributed by atoms with Crippen LogP contribution in [0.5, 0.6) is 5.75 Å². The molecular formula is C25H29N3O5S. The highest BCUT2D eigenvalue weighted by Crippen LogP contribution is 2.27.